The molecule has 0 aromatic carbocycles. The largest absolute Gasteiger partial charge is 0.487 e. The van der Waals surface area contributed by atoms with Gasteiger partial charge in [0.2, 0.25) is 5.82 Å². The Morgan fingerprint density at radius 1 is 1.64 bits per heavy atom. The van der Waals surface area contributed by atoms with Crippen LogP contribution in [0.1, 0.15) is 6.42 Å². The Kier molecular flexibility index (Phi) is 2.36. The lowest BCUT2D eigenvalue weighted by Gasteiger charge is -2.17. The zero-order valence-electron chi connectivity index (χ0n) is 8.03. The maximum absolute atomic E-state index is 5.55. The minimum absolute atomic E-state index is 0.483. The zero-order chi connectivity index (χ0) is 9.97. The van der Waals surface area contributed by atoms with Crippen molar-refractivity contribution in [1.82, 2.24) is 10.2 Å². The molecular weight excluding hydrogens is 182 g/mol. The number of aromatic nitrogens is 2. The first kappa shape index (κ1) is 9.01. The second-order valence-corrected chi connectivity index (χ2v) is 3.18. The van der Waals surface area contributed by atoms with E-state index >= 15 is 0 Å². The van der Waals surface area contributed by atoms with E-state index < -0.39 is 0 Å². The van der Waals surface area contributed by atoms with Crippen molar-refractivity contribution in [3.8, 4) is 5.75 Å². The highest BCUT2D eigenvalue weighted by molar-refractivity contribution is 5.67. The number of nitrogens with two attached hydrogens (primary N) is 1. The second kappa shape index (κ2) is 3.67. The molecular formula is C8H13N5O. The van der Waals surface area contributed by atoms with E-state index in [-0.39, 0.29) is 0 Å². The fourth-order valence-corrected chi connectivity index (χ4v) is 1.47. The number of nitrogens with one attached hydrogen (secondary N) is 1. The number of hydrazine groups is 1. The molecule has 2 heterocycles. The molecule has 1 aromatic heterocycles. The number of rotatable bonds is 1. The molecule has 1 aliphatic heterocycles. The van der Waals surface area contributed by atoms with E-state index in [1.807, 2.05) is 7.05 Å². The van der Waals surface area contributed by atoms with Gasteiger partial charge in [0.1, 0.15) is 5.69 Å². The van der Waals surface area contributed by atoms with E-state index in [1.54, 1.807) is 6.20 Å². The van der Waals surface area contributed by atoms with Crippen LogP contribution in [0.3, 0.4) is 0 Å². The predicted octanol–water partition coefficient (Wildman–Crippen LogP) is -0.0191. The van der Waals surface area contributed by atoms with Crippen LogP contribution in [0.5, 0.6) is 5.75 Å². The summed E-state index contributed by atoms with van der Waals surface area (Å²) < 4.78 is 5.55. The Bertz CT molecular complexity index is 330. The van der Waals surface area contributed by atoms with Crippen molar-refractivity contribution >= 4 is 11.5 Å². The SMILES string of the molecule is CN1CCCOc2c1cnnc2NN. The van der Waals surface area contributed by atoms with Crippen LogP contribution in [0.15, 0.2) is 6.20 Å². The molecule has 0 saturated carbocycles. The molecule has 2 rings (SSSR count). The average molecular weight is 195 g/mol. The summed E-state index contributed by atoms with van der Waals surface area (Å²) in [6.07, 6.45) is 2.66. The number of ether oxygens (including phenoxy) is 1. The van der Waals surface area contributed by atoms with Crippen LogP contribution in [-0.4, -0.2) is 30.4 Å². The quantitative estimate of drug-likeness (QED) is 0.484. The van der Waals surface area contributed by atoms with Gasteiger partial charge in [-0.2, -0.15) is 5.10 Å². The minimum atomic E-state index is 0.483. The molecule has 0 saturated heterocycles. The molecule has 1 aromatic rings. The van der Waals surface area contributed by atoms with Crippen LogP contribution in [0.25, 0.3) is 0 Å². The summed E-state index contributed by atoms with van der Waals surface area (Å²) in [4.78, 5) is 2.08. The topological polar surface area (TPSA) is 76.3 Å². The normalized spacial score (nSPS) is 15.4. The van der Waals surface area contributed by atoms with E-state index in [0.717, 1.165) is 18.7 Å². The van der Waals surface area contributed by atoms with E-state index in [0.29, 0.717) is 18.2 Å². The molecule has 6 nitrogen and oxygen atoms in total. The van der Waals surface area contributed by atoms with Crippen molar-refractivity contribution in [2.45, 2.75) is 6.42 Å². The van der Waals surface area contributed by atoms with Crippen LogP contribution >= 0.6 is 0 Å². The molecule has 76 valence electrons. The van der Waals surface area contributed by atoms with Crippen LogP contribution in [-0.2, 0) is 0 Å². The van der Waals surface area contributed by atoms with Gasteiger partial charge in [-0.1, -0.05) is 0 Å². The molecule has 0 unspecified atom stereocenters. The van der Waals surface area contributed by atoms with E-state index in [9.17, 15) is 0 Å². The van der Waals surface area contributed by atoms with Crippen molar-refractivity contribution in [3.63, 3.8) is 0 Å². The third kappa shape index (κ3) is 1.44. The first-order valence-corrected chi connectivity index (χ1v) is 4.49. The third-order valence-electron chi connectivity index (χ3n) is 2.22. The highest BCUT2D eigenvalue weighted by Crippen LogP contribution is 2.33. The number of hydrogen-bond donors (Lipinski definition) is 2. The Morgan fingerprint density at radius 3 is 3.29 bits per heavy atom. The Labute approximate surface area is 82.0 Å². The smallest absolute Gasteiger partial charge is 0.207 e. The van der Waals surface area contributed by atoms with Crippen molar-refractivity contribution in [2.24, 2.45) is 5.84 Å². The summed E-state index contributed by atoms with van der Waals surface area (Å²) >= 11 is 0. The lowest BCUT2D eigenvalue weighted by Crippen LogP contribution is -2.18. The molecule has 0 atom stereocenters. The molecule has 0 bridgehead atoms. The number of nitrogens with zero attached hydrogens (tertiary/aromatic N) is 3. The molecule has 14 heavy (non-hydrogen) atoms. The minimum Gasteiger partial charge on any atom is -0.487 e. The van der Waals surface area contributed by atoms with Gasteiger partial charge in [0, 0.05) is 13.6 Å². The highest BCUT2D eigenvalue weighted by atomic mass is 16.5. The molecule has 0 spiro atoms. The van der Waals surface area contributed by atoms with Crippen LogP contribution in [0.4, 0.5) is 11.5 Å². The van der Waals surface area contributed by atoms with Crippen molar-refractivity contribution in [2.75, 3.05) is 30.5 Å². The van der Waals surface area contributed by atoms with Gasteiger partial charge in [-0.05, 0) is 6.42 Å². The van der Waals surface area contributed by atoms with Crippen molar-refractivity contribution in [1.29, 1.82) is 0 Å². The number of nitrogen functional groups attached to an aromatic ring is 1. The monoisotopic (exact) mass is 195 g/mol. The molecule has 0 radical (unpaired) electrons. The molecule has 0 fully saturated rings. The molecule has 0 amide bonds. The fraction of sp³-hybridized carbons (Fsp3) is 0.500. The third-order valence-corrected chi connectivity index (χ3v) is 2.22. The van der Waals surface area contributed by atoms with Crippen LogP contribution < -0.4 is 20.9 Å². The Balaban J connectivity index is 2.46. The summed E-state index contributed by atoms with van der Waals surface area (Å²) in [6, 6.07) is 0. The Morgan fingerprint density at radius 2 is 2.50 bits per heavy atom. The summed E-state index contributed by atoms with van der Waals surface area (Å²) in [6.45, 7) is 1.63. The van der Waals surface area contributed by atoms with Gasteiger partial charge in [0.05, 0.1) is 12.8 Å². The first-order valence-electron chi connectivity index (χ1n) is 4.49. The molecule has 1 aliphatic rings. The van der Waals surface area contributed by atoms with Crippen molar-refractivity contribution in [3.05, 3.63) is 6.20 Å². The zero-order valence-corrected chi connectivity index (χ0v) is 8.03. The number of hydrogen-bond acceptors (Lipinski definition) is 6. The second-order valence-electron chi connectivity index (χ2n) is 3.18. The van der Waals surface area contributed by atoms with Gasteiger partial charge < -0.3 is 15.1 Å². The van der Waals surface area contributed by atoms with Crippen molar-refractivity contribution < 1.29 is 4.74 Å². The standard InChI is InChI=1S/C8H13N5O/c1-13-3-2-4-14-7-6(13)5-10-12-8(7)11-9/h5H,2-4,9H2,1H3,(H,11,12). The predicted molar refractivity (Wildman–Crippen MR) is 53.2 cm³/mol. The van der Waals surface area contributed by atoms with E-state index in [1.165, 1.54) is 0 Å². The van der Waals surface area contributed by atoms with Gasteiger partial charge in [0.15, 0.2) is 5.75 Å². The van der Waals surface area contributed by atoms with E-state index in [2.05, 4.69) is 20.5 Å². The van der Waals surface area contributed by atoms with Gasteiger partial charge in [-0.3, -0.25) is 0 Å². The van der Waals surface area contributed by atoms with Gasteiger partial charge in [-0.25, -0.2) is 5.84 Å². The maximum atomic E-state index is 5.55. The van der Waals surface area contributed by atoms with Gasteiger partial charge in [0.25, 0.3) is 0 Å². The van der Waals surface area contributed by atoms with Crippen LogP contribution in [0.2, 0.25) is 0 Å². The van der Waals surface area contributed by atoms with E-state index in [4.69, 9.17) is 10.6 Å². The summed E-state index contributed by atoms with van der Waals surface area (Å²) in [5.41, 5.74) is 3.40. The summed E-state index contributed by atoms with van der Waals surface area (Å²) in [7, 11) is 2.00. The van der Waals surface area contributed by atoms with Crippen LogP contribution in [0, 0.1) is 0 Å². The molecule has 3 N–H and O–H groups in total. The fourth-order valence-electron chi connectivity index (χ4n) is 1.47. The summed E-state index contributed by atoms with van der Waals surface area (Å²) in [5.74, 6) is 6.48. The van der Waals surface area contributed by atoms with Gasteiger partial charge >= 0.3 is 0 Å². The Hall–Kier alpha value is -1.56. The molecule has 6 heteroatoms. The summed E-state index contributed by atoms with van der Waals surface area (Å²) in [5, 5.41) is 7.70. The average Bonchev–Trinajstić information content (AvgIpc) is 2.41. The number of fused-ring (bicyclic) bond motifs is 1. The van der Waals surface area contributed by atoms with Gasteiger partial charge in [-0.15, -0.1) is 5.10 Å². The maximum Gasteiger partial charge on any atom is 0.207 e. The lowest BCUT2D eigenvalue weighted by atomic mass is 10.3. The highest BCUT2D eigenvalue weighted by Gasteiger charge is 2.17. The first-order chi connectivity index (χ1) is 6.83. The molecule has 0 aliphatic carbocycles. The lowest BCUT2D eigenvalue weighted by molar-refractivity contribution is 0.322. The number of anilines is 2.